The lowest BCUT2D eigenvalue weighted by molar-refractivity contribution is 0.0899. The third kappa shape index (κ3) is 2.54. The summed E-state index contributed by atoms with van der Waals surface area (Å²) in [7, 11) is 1.88. The molecule has 2 rings (SSSR count). The maximum Gasteiger partial charge on any atom is 0.0738 e. The molecule has 0 amide bonds. The van der Waals surface area contributed by atoms with E-state index >= 15 is 0 Å². The van der Waals surface area contributed by atoms with Crippen LogP contribution >= 0.6 is 0 Å². The highest BCUT2D eigenvalue weighted by atomic mass is 16.3. The lowest BCUT2D eigenvalue weighted by atomic mass is 9.92. The van der Waals surface area contributed by atoms with E-state index in [1.807, 2.05) is 7.05 Å². The molecule has 5 heteroatoms. The van der Waals surface area contributed by atoms with Gasteiger partial charge in [0.15, 0.2) is 0 Å². The smallest absolute Gasteiger partial charge is 0.0738 e. The molecule has 5 nitrogen and oxygen atoms in total. The van der Waals surface area contributed by atoms with Crippen LogP contribution in [-0.4, -0.2) is 32.2 Å². The minimum atomic E-state index is -0.195. The summed E-state index contributed by atoms with van der Waals surface area (Å²) in [5, 5.41) is 20.8. The standard InChI is InChI=1S/C10H18N4O/c1-14-8(7-12-13-14)6-11-9-4-2-3-5-10(9)15/h7,9-11,15H,2-6H2,1H3. The van der Waals surface area contributed by atoms with E-state index in [2.05, 4.69) is 15.6 Å². The molecule has 1 fully saturated rings. The van der Waals surface area contributed by atoms with Gasteiger partial charge in [0, 0.05) is 19.6 Å². The number of aliphatic hydroxyl groups excluding tert-OH is 1. The number of hydrogen-bond acceptors (Lipinski definition) is 4. The molecule has 1 aromatic rings. The van der Waals surface area contributed by atoms with Gasteiger partial charge in [-0.2, -0.15) is 0 Å². The van der Waals surface area contributed by atoms with Crippen molar-refractivity contribution in [3.63, 3.8) is 0 Å². The molecule has 2 N–H and O–H groups in total. The van der Waals surface area contributed by atoms with Crippen molar-refractivity contribution in [2.24, 2.45) is 7.05 Å². The second kappa shape index (κ2) is 4.72. The first-order chi connectivity index (χ1) is 7.27. The zero-order chi connectivity index (χ0) is 10.7. The van der Waals surface area contributed by atoms with Crippen molar-refractivity contribution in [1.29, 1.82) is 0 Å². The average Bonchev–Trinajstić information content (AvgIpc) is 2.63. The summed E-state index contributed by atoms with van der Waals surface area (Å²) in [4.78, 5) is 0. The van der Waals surface area contributed by atoms with Crippen LogP contribution in [0.15, 0.2) is 6.20 Å². The Bertz CT molecular complexity index is 312. The molecule has 1 heterocycles. The first-order valence-corrected chi connectivity index (χ1v) is 5.52. The summed E-state index contributed by atoms with van der Waals surface area (Å²) in [6.45, 7) is 0.727. The average molecular weight is 210 g/mol. The molecule has 1 aliphatic rings. The van der Waals surface area contributed by atoms with Gasteiger partial charge >= 0.3 is 0 Å². The van der Waals surface area contributed by atoms with Crippen molar-refractivity contribution in [2.45, 2.75) is 44.4 Å². The number of aryl methyl sites for hydroxylation is 1. The van der Waals surface area contributed by atoms with Gasteiger partial charge in [-0.15, -0.1) is 5.10 Å². The Labute approximate surface area is 89.5 Å². The van der Waals surface area contributed by atoms with E-state index in [4.69, 9.17) is 0 Å². The van der Waals surface area contributed by atoms with E-state index in [1.165, 1.54) is 6.42 Å². The maximum atomic E-state index is 9.77. The van der Waals surface area contributed by atoms with Crippen LogP contribution in [0, 0.1) is 0 Å². The van der Waals surface area contributed by atoms with E-state index in [9.17, 15) is 5.11 Å². The van der Waals surface area contributed by atoms with Crippen LogP contribution in [0.5, 0.6) is 0 Å². The van der Waals surface area contributed by atoms with E-state index in [-0.39, 0.29) is 12.1 Å². The molecule has 1 aliphatic carbocycles. The van der Waals surface area contributed by atoms with Crippen LogP contribution < -0.4 is 5.32 Å². The normalized spacial score (nSPS) is 26.8. The third-order valence-corrected chi connectivity index (χ3v) is 3.08. The van der Waals surface area contributed by atoms with Gasteiger partial charge in [-0.05, 0) is 12.8 Å². The largest absolute Gasteiger partial charge is 0.392 e. The summed E-state index contributed by atoms with van der Waals surface area (Å²) in [5.41, 5.74) is 1.05. The summed E-state index contributed by atoms with van der Waals surface area (Å²) in [6.07, 6.45) is 5.89. The number of aliphatic hydroxyl groups is 1. The lowest BCUT2D eigenvalue weighted by Gasteiger charge is -2.28. The lowest BCUT2D eigenvalue weighted by Crippen LogP contribution is -2.41. The Morgan fingerprint density at radius 2 is 2.33 bits per heavy atom. The van der Waals surface area contributed by atoms with Crippen LogP contribution in [0.3, 0.4) is 0 Å². The Hall–Kier alpha value is -0.940. The number of nitrogens with one attached hydrogen (secondary N) is 1. The Balaban J connectivity index is 1.84. The molecule has 2 unspecified atom stereocenters. The van der Waals surface area contributed by atoms with Crippen LogP contribution in [-0.2, 0) is 13.6 Å². The van der Waals surface area contributed by atoms with Crippen LogP contribution in [0.1, 0.15) is 31.4 Å². The Morgan fingerprint density at radius 1 is 1.53 bits per heavy atom. The summed E-state index contributed by atoms with van der Waals surface area (Å²) in [5.74, 6) is 0. The van der Waals surface area contributed by atoms with Crippen molar-refractivity contribution in [2.75, 3.05) is 0 Å². The minimum Gasteiger partial charge on any atom is -0.392 e. The molecule has 1 aromatic heterocycles. The molecular formula is C10H18N4O. The fraction of sp³-hybridized carbons (Fsp3) is 0.800. The quantitative estimate of drug-likeness (QED) is 0.748. The highest BCUT2D eigenvalue weighted by Gasteiger charge is 2.22. The van der Waals surface area contributed by atoms with Crippen molar-refractivity contribution >= 4 is 0 Å². The first-order valence-electron chi connectivity index (χ1n) is 5.52. The molecule has 1 saturated carbocycles. The SMILES string of the molecule is Cn1nncc1CNC1CCCCC1O. The molecule has 15 heavy (non-hydrogen) atoms. The molecule has 0 spiro atoms. The van der Waals surface area contributed by atoms with Gasteiger partial charge in [0.1, 0.15) is 0 Å². The number of rotatable bonds is 3. The van der Waals surface area contributed by atoms with Gasteiger partial charge < -0.3 is 10.4 Å². The first kappa shape index (κ1) is 10.6. The third-order valence-electron chi connectivity index (χ3n) is 3.08. The number of nitrogens with zero attached hydrogens (tertiary/aromatic N) is 3. The maximum absolute atomic E-state index is 9.77. The highest BCUT2D eigenvalue weighted by molar-refractivity contribution is 4.94. The van der Waals surface area contributed by atoms with E-state index in [0.717, 1.165) is 31.5 Å². The van der Waals surface area contributed by atoms with Crippen LogP contribution in [0.2, 0.25) is 0 Å². The van der Waals surface area contributed by atoms with E-state index < -0.39 is 0 Å². The van der Waals surface area contributed by atoms with Crippen LogP contribution in [0.4, 0.5) is 0 Å². The molecule has 0 bridgehead atoms. The molecule has 0 aromatic carbocycles. The molecular weight excluding hydrogens is 192 g/mol. The Morgan fingerprint density at radius 3 is 3.00 bits per heavy atom. The fourth-order valence-corrected chi connectivity index (χ4v) is 2.06. The van der Waals surface area contributed by atoms with Gasteiger partial charge in [-0.3, -0.25) is 4.68 Å². The van der Waals surface area contributed by atoms with Crippen molar-refractivity contribution < 1.29 is 5.11 Å². The van der Waals surface area contributed by atoms with Crippen LogP contribution in [0.25, 0.3) is 0 Å². The summed E-state index contributed by atoms with van der Waals surface area (Å²) >= 11 is 0. The van der Waals surface area contributed by atoms with Gasteiger partial charge in [-0.25, -0.2) is 0 Å². The van der Waals surface area contributed by atoms with E-state index in [0.29, 0.717) is 0 Å². The molecule has 2 atom stereocenters. The number of hydrogen-bond donors (Lipinski definition) is 2. The molecule has 84 valence electrons. The molecule has 0 saturated heterocycles. The number of aromatic nitrogens is 3. The second-order valence-corrected chi connectivity index (χ2v) is 4.19. The fourth-order valence-electron chi connectivity index (χ4n) is 2.06. The second-order valence-electron chi connectivity index (χ2n) is 4.19. The predicted molar refractivity (Wildman–Crippen MR) is 56.1 cm³/mol. The minimum absolute atomic E-state index is 0.195. The zero-order valence-electron chi connectivity index (χ0n) is 9.06. The van der Waals surface area contributed by atoms with Gasteiger partial charge in [0.25, 0.3) is 0 Å². The predicted octanol–water partition coefficient (Wildman–Crippen LogP) is 0.208. The van der Waals surface area contributed by atoms with Gasteiger partial charge in [0.05, 0.1) is 18.0 Å². The molecule has 0 radical (unpaired) electrons. The van der Waals surface area contributed by atoms with Gasteiger partial charge in [0.2, 0.25) is 0 Å². The Kier molecular flexibility index (Phi) is 3.33. The monoisotopic (exact) mass is 210 g/mol. The topological polar surface area (TPSA) is 63.0 Å². The molecule has 0 aliphatic heterocycles. The zero-order valence-corrected chi connectivity index (χ0v) is 9.06. The van der Waals surface area contributed by atoms with E-state index in [1.54, 1.807) is 10.9 Å². The van der Waals surface area contributed by atoms with Gasteiger partial charge in [-0.1, -0.05) is 18.1 Å². The van der Waals surface area contributed by atoms with Crippen molar-refractivity contribution in [3.8, 4) is 0 Å². The van der Waals surface area contributed by atoms with Crippen molar-refractivity contribution in [1.82, 2.24) is 20.3 Å². The summed E-state index contributed by atoms with van der Waals surface area (Å²) in [6, 6.07) is 0.230. The summed E-state index contributed by atoms with van der Waals surface area (Å²) < 4.78 is 1.75. The van der Waals surface area contributed by atoms with Crippen molar-refractivity contribution in [3.05, 3.63) is 11.9 Å². The highest BCUT2D eigenvalue weighted by Crippen LogP contribution is 2.18.